The summed E-state index contributed by atoms with van der Waals surface area (Å²) in [6.07, 6.45) is 2.31. The molecule has 0 amide bonds. The normalized spacial score (nSPS) is 11.8. The van der Waals surface area contributed by atoms with E-state index in [0.29, 0.717) is 12.1 Å². The van der Waals surface area contributed by atoms with E-state index in [1.165, 1.54) is 12.5 Å². The van der Waals surface area contributed by atoms with E-state index in [2.05, 4.69) is 41.3 Å². The third kappa shape index (κ3) is 7.77. The van der Waals surface area contributed by atoms with Crippen LogP contribution in [0.25, 0.3) is 0 Å². The van der Waals surface area contributed by atoms with E-state index in [0.717, 1.165) is 50.7 Å². The molecule has 0 aliphatic carbocycles. The van der Waals surface area contributed by atoms with Gasteiger partial charge in [0.25, 0.3) is 0 Å². The van der Waals surface area contributed by atoms with Crippen LogP contribution in [0.3, 0.4) is 0 Å². The lowest BCUT2D eigenvalue weighted by Crippen LogP contribution is -2.38. The van der Waals surface area contributed by atoms with E-state index in [9.17, 15) is 4.39 Å². The van der Waals surface area contributed by atoms with Gasteiger partial charge in [-0.15, -0.1) is 0 Å². The van der Waals surface area contributed by atoms with Crippen LogP contribution < -0.4 is 10.6 Å². The number of hydrogen-bond acceptors (Lipinski definition) is 2. The van der Waals surface area contributed by atoms with Crippen LogP contribution in [-0.4, -0.2) is 43.6 Å². The van der Waals surface area contributed by atoms with Crippen LogP contribution >= 0.6 is 0 Å². The average molecular weight is 336 g/mol. The zero-order valence-corrected chi connectivity index (χ0v) is 15.7. The van der Waals surface area contributed by atoms with Gasteiger partial charge in [-0.1, -0.05) is 26.0 Å². The maximum absolute atomic E-state index is 13.3. The number of nitrogens with one attached hydrogen (secondary N) is 2. The number of halogens is 1. The lowest BCUT2D eigenvalue weighted by Gasteiger charge is -2.18. The van der Waals surface area contributed by atoms with Crippen molar-refractivity contribution in [2.45, 2.75) is 47.1 Å². The number of unbranched alkanes of at least 4 members (excludes halogenated alkanes) is 1. The number of hydrogen-bond donors (Lipinski definition) is 2. The fraction of sp³-hybridized carbons (Fsp3) is 0.632. The highest BCUT2D eigenvalue weighted by Gasteiger charge is 2.01. The Morgan fingerprint density at radius 2 is 1.88 bits per heavy atom. The van der Waals surface area contributed by atoms with Gasteiger partial charge in [-0.25, -0.2) is 9.38 Å². The number of rotatable bonds is 10. The minimum absolute atomic E-state index is 0.166. The second-order valence-electron chi connectivity index (χ2n) is 5.94. The maximum atomic E-state index is 13.3. The lowest BCUT2D eigenvalue weighted by atomic mass is 10.1. The van der Waals surface area contributed by atoms with Gasteiger partial charge in [0.15, 0.2) is 5.96 Å². The Balaban J connectivity index is 2.40. The van der Waals surface area contributed by atoms with Crippen molar-refractivity contribution in [2.75, 3.05) is 32.7 Å². The lowest BCUT2D eigenvalue weighted by molar-refractivity contribution is 0.297. The highest BCUT2D eigenvalue weighted by molar-refractivity contribution is 5.79. The van der Waals surface area contributed by atoms with Crippen LogP contribution in [0.5, 0.6) is 0 Å². The predicted octanol–water partition coefficient (Wildman–Crippen LogP) is 3.31. The van der Waals surface area contributed by atoms with E-state index in [1.807, 2.05) is 6.07 Å². The Labute approximate surface area is 146 Å². The van der Waals surface area contributed by atoms with Crippen molar-refractivity contribution in [2.24, 2.45) is 4.99 Å². The Kier molecular flexibility index (Phi) is 10.1. The average Bonchev–Trinajstić information content (AvgIpc) is 2.58. The second kappa shape index (κ2) is 11.8. The van der Waals surface area contributed by atoms with Crippen LogP contribution in [0.4, 0.5) is 4.39 Å². The van der Waals surface area contributed by atoms with Crippen molar-refractivity contribution in [3.63, 3.8) is 0 Å². The molecule has 0 saturated carbocycles. The topological polar surface area (TPSA) is 39.7 Å². The molecule has 1 rings (SSSR count). The summed E-state index contributed by atoms with van der Waals surface area (Å²) in [5.41, 5.74) is 1.68. The molecule has 1 aromatic rings. The van der Waals surface area contributed by atoms with Gasteiger partial charge < -0.3 is 15.5 Å². The highest BCUT2D eigenvalue weighted by atomic mass is 19.1. The molecule has 1 aromatic carbocycles. The van der Waals surface area contributed by atoms with Gasteiger partial charge in [0, 0.05) is 13.1 Å². The summed E-state index contributed by atoms with van der Waals surface area (Å²) in [5, 5.41) is 6.63. The monoisotopic (exact) mass is 336 g/mol. The van der Waals surface area contributed by atoms with Gasteiger partial charge in [-0.3, -0.25) is 0 Å². The summed E-state index contributed by atoms with van der Waals surface area (Å²) in [6.45, 7) is 13.9. The fourth-order valence-corrected chi connectivity index (χ4v) is 2.52. The molecule has 5 heteroatoms. The van der Waals surface area contributed by atoms with Crippen molar-refractivity contribution in [3.8, 4) is 0 Å². The molecular weight excluding hydrogens is 303 g/mol. The standard InChI is InChI=1S/C19H33FN4/c1-5-21-19(22-12-8-9-13-24(6-2)7-3)23-15-17-10-11-18(20)16(4)14-17/h10-11,14H,5-9,12-13,15H2,1-4H3,(H2,21,22,23). The van der Waals surface area contributed by atoms with Crippen LogP contribution in [0.2, 0.25) is 0 Å². The van der Waals surface area contributed by atoms with Crippen LogP contribution in [0.15, 0.2) is 23.2 Å². The fourth-order valence-electron chi connectivity index (χ4n) is 2.52. The number of benzene rings is 1. The Bertz CT molecular complexity index is 498. The highest BCUT2D eigenvalue weighted by Crippen LogP contribution is 2.10. The summed E-state index contributed by atoms with van der Waals surface area (Å²) in [4.78, 5) is 7.02. The van der Waals surface area contributed by atoms with E-state index in [4.69, 9.17) is 0 Å². The van der Waals surface area contributed by atoms with Crippen molar-refractivity contribution in [3.05, 3.63) is 35.1 Å². The summed E-state index contributed by atoms with van der Waals surface area (Å²) < 4.78 is 13.3. The van der Waals surface area contributed by atoms with Crippen molar-refractivity contribution >= 4 is 5.96 Å². The van der Waals surface area contributed by atoms with Crippen LogP contribution in [0, 0.1) is 12.7 Å². The smallest absolute Gasteiger partial charge is 0.191 e. The molecule has 0 bridgehead atoms. The molecule has 0 aliphatic rings. The summed E-state index contributed by atoms with van der Waals surface area (Å²) in [5.74, 6) is 0.656. The number of aryl methyl sites for hydroxylation is 1. The van der Waals surface area contributed by atoms with Gasteiger partial charge in [0.2, 0.25) is 0 Å². The van der Waals surface area contributed by atoms with Gasteiger partial charge in [-0.05, 0) is 63.5 Å². The van der Waals surface area contributed by atoms with Gasteiger partial charge in [0.1, 0.15) is 5.82 Å². The second-order valence-corrected chi connectivity index (χ2v) is 5.94. The minimum Gasteiger partial charge on any atom is -0.357 e. The molecule has 0 fully saturated rings. The SMILES string of the molecule is CCNC(=NCc1ccc(F)c(C)c1)NCCCCN(CC)CC. The van der Waals surface area contributed by atoms with Crippen molar-refractivity contribution in [1.29, 1.82) is 0 Å². The molecule has 0 saturated heterocycles. The van der Waals surface area contributed by atoms with Crippen molar-refractivity contribution in [1.82, 2.24) is 15.5 Å². The summed E-state index contributed by atoms with van der Waals surface area (Å²) >= 11 is 0. The molecule has 0 radical (unpaired) electrons. The van der Waals surface area contributed by atoms with E-state index >= 15 is 0 Å². The predicted molar refractivity (Wildman–Crippen MR) is 101 cm³/mol. The van der Waals surface area contributed by atoms with Gasteiger partial charge >= 0.3 is 0 Å². The first-order chi connectivity index (χ1) is 11.6. The number of guanidine groups is 1. The maximum Gasteiger partial charge on any atom is 0.191 e. The Hall–Kier alpha value is -1.62. The molecule has 0 spiro atoms. The third-order valence-corrected chi connectivity index (χ3v) is 4.07. The largest absolute Gasteiger partial charge is 0.357 e. The van der Waals surface area contributed by atoms with E-state index in [1.54, 1.807) is 13.0 Å². The first-order valence-corrected chi connectivity index (χ1v) is 9.10. The zero-order chi connectivity index (χ0) is 17.8. The molecule has 24 heavy (non-hydrogen) atoms. The zero-order valence-electron chi connectivity index (χ0n) is 15.7. The first kappa shape index (κ1) is 20.4. The Morgan fingerprint density at radius 3 is 2.50 bits per heavy atom. The van der Waals surface area contributed by atoms with Crippen LogP contribution in [0.1, 0.15) is 44.7 Å². The van der Waals surface area contributed by atoms with Gasteiger partial charge in [-0.2, -0.15) is 0 Å². The van der Waals surface area contributed by atoms with E-state index < -0.39 is 0 Å². The molecule has 0 atom stereocenters. The summed E-state index contributed by atoms with van der Waals surface area (Å²) in [6, 6.07) is 5.15. The molecule has 0 aromatic heterocycles. The molecule has 2 N–H and O–H groups in total. The quantitative estimate of drug-likeness (QED) is 0.391. The summed E-state index contributed by atoms with van der Waals surface area (Å²) in [7, 11) is 0. The molecule has 136 valence electrons. The van der Waals surface area contributed by atoms with E-state index in [-0.39, 0.29) is 5.82 Å². The molecular formula is C19H33FN4. The molecule has 0 aliphatic heterocycles. The molecule has 0 heterocycles. The molecule has 0 unspecified atom stereocenters. The van der Waals surface area contributed by atoms with Crippen molar-refractivity contribution < 1.29 is 4.39 Å². The molecule has 4 nitrogen and oxygen atoms in total. The van der Waals surface area contributed by atoms with Gasteiger partial charge in [0.05, 0.1) is 6.54 Å². The third-order valence-electron chi connectivity index (χ3n) is 4.07. The first-order valence-electron chi connectivity index (χ1n) is 9.10. The number of nitrogens with zero attached hydrogens (tertiary/aromatic N) is 2. The number of aliphatic imine (C=N–C) groups is 1. The Morgan fingerprint density at radius 1 is 1.12 bits per heavy atom. The minimum atomic E-state index is -0.166. The van der Waals surface area contributed by atoms with Crippen LogP contribution in [-0.2, 0) is 6.54 Å².